The number of hydrogen-bond acceptors (Lipinski definition) is 7. The van der Waals surface area contributed by atoms with Crippen molar-refractivity contribution in [2.45, 2.75) is 19.4 Å². The molecular weight excluding hydrogens is 312 g/mol. The van der Waals surface area contributed by atoms with Crippen molar-refractivity contribution in [3.63, 3.8) is 0 Å². The summed E-state index contributed by atoms with van der Waals surface area (Å²) in [5.74, 6) is -2.26. The van der Waals surface area contributed by atoms with Gasteiger partial charge in [-0.1, -0.05) is 5.16 Å². The molecule has 0 saturated heterocycles. The second-order valence-electron chi connectivity index (χ2n) is 4.26. The number of nitro benzene ring substituents is 1. The lowest BCUT2D eigenvalue weighted by Gasteiger charge is -2.07. The van der Waals surface area contributed by atoms with E-state index < -0.39 is 29.0 Å². The van der Waals surface area contributed by atoms with Gasteiger partial charge in [-0.15, -0.1) is 0 Å². The maximum absolute atomic E-state index is 10.9. The molecule has 0 amide bonds. The number of nitrogens with zero attached hydrogens (tertiary/aromatic N) is 2. The quantitative estimate of drug-likeness (QED) is 0.393. The molecule has 0 radical (unpaired) electrons. The fourth-order valence-electron chi connectivity index (χ4n) is 1.59. The van der Waals surface area contributed by atoms with Gasteiger partial charge in [0, 0.05) is 24.1 Å². The summed E-state index contributed by atoms with van der Waals surface area (Å²) in [4.78, 5) is 36.3. The molecule has 0 aliphatic rings. The number of carboxylic acids is 2. The van der Waals surface area contributed by atoms with Crippen molar-refractivity contribution in [3.8, 4) is 5.75 Å². The molecule has 0 aliphatic heterocycles. The number of carbonyl (C=O) groups is 2. The number of hydrogen-bond donors (Lipinski definition) is 2. The number of aliphatic carboxylic acids is 2. The third-order valence-electron chi connectivity index (χ3n) is 2.69. The molecule has 0 saturated carbocycles. The van der Waals surface area contributed by atoms with Crippen molar-refractivity contribution in [1.29, 1.82) is 0 Å². The van der Waals surface area contributed by atoms with Gasteiger partial charge in [0.15, 0.2) is 5.71 Å². The van der Waals surface area contributed by atoms with Crippen LogP contribution in [0.5, 0.6) is 5.75 Å². The SMILES string of the molecule is COc1ccc([N+](=O)[O-])cc1CO/N=C(/CCC(=O)O)C(=O)O. The first-order valence-electron chi connectivity index (χ1n) is 6.30. The molecular formula is C13H14N2O8. The summed E-state index contributed by atoms with van der Waals surface area (Å²) in [6.07, 6.45) is -0.717. The van der Waals surface area contributed by atoms with Gasteiger partial charge in [-0.25, -0.2) is 4.79 Å². The first kappa shape index (κ1) is 17.9. The molecule has 10 heteroatoms. The third kappa shape index (κ3) is 5.61. The maximum Gasteiger partial charge on any atom is 0.353 e. The summed E-state index contributed by atoms with van der Waals surface area (Å²) in [6, 6.07) is 3.84. The van der Waals surface area contributed by atoms with Crippen molar-refractivity contribution >= 4 is 23.3 Å². The topological polar surface area (TPSA) is 149 Å². The molecule has 0 heterocycles. The zero-order chi connectivity index (χ0) is 17.4. The van der Waals surface area contributed by atoms with Gasteiger partial charge in [0.05, 0.1) is 18.5 Å². The first-order chi connectivity index (χ1) is 10.8. The molecule has 0 spiro atoms. The van der Waals surface area contributed by atoms with Crippen molar-refractivity contribution in [1.82, 2.24) is 0 Å². The van der Waals surface area contributed by atoms with E-state index in [1.165, 1.54) is 25.3 Å². The second kappa shape index (κ2) is 8.32. The van der Waals surface area contributed by atoms with Crippen molar-refractivity contribution in [3.05, 3.63) is 33.9 Å². The second-order valence-corrected chi connectivity index (χ2v) is 4.26. The summed E-state index contributed by atoms with van der Waals surface area (Å²) in [6.45, 7) is -0.269. The molecule has 23 heavy (non-hydrogen) atoms. The number of oxime groups is 1. The van der Waals surface area contributed by atoms with Crippen LogP contribution in [0.3, 0.4) is 0 Å². The molecule has 124 valence electrons. The van der Waals surface area contributed by atoms with Gasteiger partial charge < -0.3 is 19.8 Å². The molecule has 0 atom stereocenters. The predicted molar refractivity (Wildman–Crippen MR) is 76.4 cm³/mol. The van der Waals surface area contributed by atoms with Crippen molar-refractivity contribution in [2.75, 3.05) is 7.11 Å². The number of carboxylic acid groups (broad SMARTS) is 2. The molecule has 0 unspecified atom stereocenters. The van der Waals surface area contributed by atoms with Crippen molar-refractivity contribution < 1.29 is 34.3 Å². The Bertz CT molecular complexity index is 641. The van der Waals surface area contributed by atoms with Crippen LogP contribution in [0, 0.1) is 10.1 Å². The number of nitro groups is 1. The summed E-state index contributed by atoms with van der Waals surface area (Å²) < 4.78 is 5.02. The van der Waals surface area contributed by atoms with Crippen LogP contribution in [-0.4, -0.2) is 39.9 Å². The van der Waals surface area contributed by atoms with Gasteiger partial charge >= 0.3 is 11.9 Å². The monoisotopic (exact) mass is 326 g/mol. The fraction of sp³-hybridized carbons (Fsp3) is 0.308. The van der Waals surface area contributed by atoms with E-state index in [1.807, 2.05) is 0 Å². The van der Waals surface area contributed by atoms with E-state index in [1.54, 1.807) is 0 Å². The van der Waals surface area contributed by atoms with Gasteiger partial charge in [0.2, 0.25) is 0 Å². The molecule has 1 rings (SSSR count). The van der Waals surface area contributed by atoms with Crippen LogP contribution < -0.4 is 4.74 Å². The maximum atomic E-state index is 10.9. The van der Waals surface area contributed by atoms with Gasteiger partial charge in [-0.3, -0.25) is 14.9 Å². The standard InChI is InChI=1S/C13H14N2O8/c1-22-11-4-2-9(15(20)21)6-8(11)7-23-14-10(13(18)19)3-5-12(16)17/h2,4,6H,3,5,7H2,1H3,(H,16,17)(H,18,19)/b14-10-. The molecule has 0 bridgehead atoms. The molecule has 0 aliphatic carbocycles. The number of benzene rings is 1. The highest BCUT2D eigenvalue weighted by atomic mass is 16.6. The van der Waals surface area contributed by atoms with Crippen LogP contribution in [0.2, 0.25) is 0 Å². The molecule has 10 nitrogen and oxygen atoms in total. The number of ether oxygens (including phenoxy) is 1. The van der Waals surface area contributed by atoms with E-state index in [0.717, 1.165) is 0 Å². The van der Waals surface area contributed by atoms with E-state index >= 15 is 0 Å². The summed E-state index contributed by atoms with van der Waals surface area (Å²) in [5, 5.41) is 31.5. The van der Waals surface area contributed by atoms with Crippen LogP contribution in [0.15, 0.2) is 23.4 Å². The Hall–Kier alpha value is -3.17. The Labute approximate surface area is 130 Å². The highest BCUT2D eigenvalue weighted by Gasteiger charge is 2.14. The van der Waals surface area contributed by atoms with Gasteiger partial charge in [0.1, 0.15) is 12.4 Å². The van der Waals surface area contributed by atoms with Crippen LogP contribution >= 0.6 is 0 Å². The Kier molecular flexibility index (Phi) is 6.46. The molecule has 0 aromatic heterocycles. The van der Waals surface area contributed by atoms with Gasteiger partial charge in [-0.2, -0.15) is 0 Å². The molecule has 0 fully saturated rings. The Morgan fingerprint density at radius 2 is 2.00 bits per heavy atom. The molecule has 1 aromatic carbocycles. The average molecular weight is 326 g/mol. The fourth-order valence-corrected chi connectivity index (χ4v) is 1.59. The minimum Gasteiger partial charge on any atom is -0.496 e. The predicted octanol–water partition coefficient (Wildman–Crippen LogP) is 1.43. The Morgan fingerprint density at radius 1 is 1.30 bits per heavy atom. The zero-order valence-corrected chi connectivity index (χ0v) is 12.1. The van der Waals surface area contributed by atoms with Crippen LogP contribution in [0.1, 0.15) is 18.4 Å². The van der Waals surface area contributed by atoms with Crippen LogP contribution in [0.25, 0.3) is 0 Å². The smallest absolute Gasteiger partial charge is 0.353 e. The van der Waals surface area contributed by atoms with Gasteiger partial charge in [0.25, 0.3) is 5.69 Å². The normalized spacial score (nSPS) is 10.9. The minimum atomic E-state index is -1.41. The first-order valence-corrected chi connectivity index (χ1v) is 6.30. The van der Waals surface area contributed by atoms with E-state index in [0.29, 0.717) is 11.3 Å². The summed E-state index contributed by atoms with van der Waals surface area (Å²) in [7, 11) is 1.36. The third-order valence-corrected chi connectivity index (χ3v) is 2.69. The van der Waals surface area contributed by atoms with Gasteiger partial charge in [-0.05, 0) is 6.07 Å². The highest BCUT2D eigenvalue weighted by molar-refractivity contribution is 6.35. The largest absolute Gasteiger partial charge is 0.496 e. The van der Waals surface area contributed by atoms with Crippen LogP contribution in [0.4, 0.5) is 5.69 Å². The lowest BCUT2D eigenvalue weighted by molar-refractivity contribution is -0.385. The molecule has 2 N–H and O–H groups in total. The minimum absolute atomic E-state index is 0.183. The average Bonchev–Trinajstić information content (AvgIpc) is 2.49. The summed E-state index contributed by atoms with van der Waals surface area (Å²) in [5.41, 5.74) is -0.345. The zero-order valence-electron chi connectivity index (χ0n) is 12.1. The lowest BCUT2D eigenvalue weighted by Crippen LogP contribution is -2.15. The Morgan fingerprint density at radius 3 is 2.52 bits per heavy atom. The van der Waals surface area contributed by atoms with E-state index in [-0.39, 0.29) is 18.7 Å². The highest BCUT2D eigenvalue weighted by Crippen LogP contribution is 2.24. The molecule has 1 aromatic rings. The van der Waals surface area contributed by atoms with Crippen molar-refractivity contribution in [2.24, 2.45) is 5.16 Å². The number of non-ortho nitro benzene ring substituents is 1. The summed E-state index contributed by atoms with van der Waals surface area (Å²) >= 11 is 0. The number of methoxy groups -OCH3 is 1. The van der Waals surface area contributed by atoms with Crippen LogP contribution in [-0.2, 0) is 21.0 Å². The van der Waals surface area contributed by atoms with E-state index in [4.69, 9.17) is 19.8 Å². The van der Waals surface area contributed by atoms with E-state index in [9.17, 15) is 19.7 Å². The van der Waals surface area contributed by atoms with E-state index in [2.05, 4.69) is 5.16 Å². The lowest BCUT2D eigenvalue weighted by atomic mass is 10.2. The number of rotatable bonds is 9. The Balaban J connectivity index is 2.84.